The summed E-state index contributed by atoms with van der Waals surface area (Å²) >= 11 is 0. The van der Waals surface area contributed by atoms with E-state index in [0.717, 1.165) is 25.9 Å². The van der Waals surface area contributed by atoms with Crippen molar-refractivity contribution < 1.29 is 4.79 Å². The molecule has 1 saturated heterocycles. The molecule has 0 aliphatic carbocycles. The molecule has 1 aromatic carbocycles. The number of benzene rings is 1. The molecule has 0 saturated carbocycles. The van der Waals surface area contributed by atoms with Crippen LogP contribution in [0.3, 0.4) is 0 Å². The van der Waals surface area contributed by atoms with Gasteiger partial charge in [-0.1, -0.05) is 17.7 Å². The topological polar surface area (TPSA) is 46.3 Å². The van der Waals surface area contributed by atoms with E-state index in [9.17, 15) is 4.79 Å². The van der Waals surface area contributed by atoms with Gasteiger partial charge in [0, 0.05) is 25.4 Å². The molecule has 1 heterocycles. The van der Waals surface area contributed by atoms with Crippen molar-refractivity contribution in [3.63, 3.8) is 0 Å². The number of carbonyl (C=O) groups excluding carboxylic acids is 1. The molecule has 2 N–H and O–H groups in total. The summed E-state index contributed by atoms with van der Waals surface area (Å²) in [5.41, 5.74) is 11.0. The first kappa shape index (κ1) is 15.0. The predicted octanol–water partition coefficient (Wildman–Crippen LogP) is 2.67. The minimum Gasteiger partial charge on any atom is -0.343 e. The minimum absolute atomic E-state index is 0.142. The number of hydrogen-bond acceptors (Lipinski definition) is 2. The fourth-order valence-corrected chi connectivity index (χ4v) is 3.44. The highest BCUT2D eigenvalue weighted by Gasteiger charge is 2.23. The molecule has 1 fully saturated rings. The van der Waals surface area contributed by atoms with E-state index in [1.807, 2.05) is 4.90 Å². The fraction of sp³-hybridized carbons (Fsp3) is 0.588. The Morgan fingerprint density at radius 2 is 1.75 bits per heavy atom. The van der Waals surface area contributed by atoms with Gasteiger partial charge in [0.2, 0.25) is 5.91 Å². The molecule has 1 aliphatic rings. The molecular formula is C17H26N2O. The third kappa shape index (κ3) is 3.21. The van der Waals surface area contributed by atoms with Gasteiger partial charge >= 0.3 is 0 Å². The van der Waals surface area contributed by atoms with Crippen molar-refractivity contribution in [3.05, 3.63) is 34.4 Å². The third-order valence-corrected chi connectivity index (χ3v) is 4.31. The van der Waals surface area contributed by atoms with Crippen LogP contribution < -0.4 is 5.73 Å². The Hall–Kier alpha value is -1.35. The Labute approximate surface area is 122 Å². The number of rotatable bonds is 4. The number of nitrogens with zero attached hydrogens (tertiary/aromatic N) is 1. The summed E-state index contributed by atoms with van der Waals surface area (Å²) in [6, 6.07) is 4.37. The average molecular weight is 274 g/mol. The third-order valence-electron chi connectivity index (χ3n) is 4.31. The molecule has 0 aromatic heterocycles. The van der Waals surface area contributed by atoms with Gasteiger partial charge in [-0.3, -0.25) is 4.79 Å². The molecule has 0 radical (unpaired) electrons. The van der Waals surface area contributed by atoms with Gasteiger partial charge in [0.1, 0.15) is 0 Å². The Morgan fingerprint density at radius 3 is 2.25 bits per heavy atom. The molecule has 0 bridgehead atoms. The first-order valence-corrected chi connectivity index (χ1v) is 7.58. The monoisotopic (exact) mass is 274 g/mol. The van der Waals surface area contributed by atoms with Gasteiger partial charge in [0.25, 0.3) is 0 Å². The number of carbonyl (C=O) groups is 1. The molecule has 0 spiro atoms. The standard InChI is InChI=1S/C17H26N2O/c1-12-8-13(2)17(14(3)9-12)15(11-18)10-16(20)19-6-4-5-7-19/h8-9,15H,4-7,10-11,18H2,1-3H3. The lowest BCUT2D eigenvalue weighted by molar-refractivity contribution is -0.130. The second-order valence-electron chi connectivity index (χ2n) is 6.04. The van der Waals surface area contributed by atoms with Crippen LogP contribution in [-0.4, -0.2) is 30.4 Å². The van der Waals surface area contributed by atoms with Gasteiger partial charge in [0.15, 0.2) is 0 Å². The van der Waals surface area contributed by atoms with Crippen LogP contribution >= 0.6 is 0 Å². The number of amides is 1. The average Bonchev–Trinajstić information content (AvgIpc) is 2.90. The second kappa shape index (κ2) is 6.40. The molecule has 1 amide bonds. The highest BCUT2D eigenvalue weighted by atomic mass is 16.2. The van der Waals surface area contributed by atoms with Crippen LogP contribution in [0.2, 0.25) is 0 Å². The summed E-state index contributed by atoms with van der Waals surface area (Å²) in [5.74, 6) is 0.404. The van der Waals surface area contributed by atoms with Crippen LogP contribution in [0.25, 0.3) is 0 Å². The first-order chi connectivity index (χ1) is 9.52. The van der Waals surface area contributed by atoms with Crippen LogP contribution in [0.1, 0.15) is 47.4 Å². The molecule has 1 aromatic rings. The minimum atomic E-state index is 0.142. The summed E-state index contributed by atoms with van der Waals surface area (Å²) < 4.78 is 0. The van der Waals surface area contributed by atoms with Crippen LogP contribution in [0.4, 0.5) is 0 Å². The van der Waals surface area contributed by atoms with Crippen molar-refractivity contribution in [1.82, 2.24) is 4.90 Å². The van der Waals surface area contributed by atoms with E-state index >= 15 is 0 Å². The molecule has 20 heavy (non-hydrogen) atoms. The number of likely N-dealkylation sites (tertiary alicyclic amines) is 1. The Bertz CT molecular complexity index is 467. The Balaban J connectivity index is 2.17. The molecule has 3 nitrogen and oxygen atoms in total. The van der Waals surface area contributed by atoms with Crippen molar-refractivity contribution in [1.29, 1.82) is 0 Å². The van der Waals surface area contributed by atoms with Crippen LogP contribution in [0.5, 0.6) is 0 Å². The Morgan fingerprint density at radius 1 is 1.20 bits per heavy atom. The van der Waals surface area contributed by atoms with E-state index in [2.05, 4.69) is 32.9 Å². The lowest BCUT2D eigenvalue weighted by Crippen LogP contribution is -2.30. The molecule has 1 unspecified atom stereocenters. The quantitative estimate of drug-likeness (QED) is 0.917. The molecule has 1 atom stereocenters. The Kier molecular flexibility index (Phi) is 4.81. The van der Waals surface area contributed by atoms with Crippen LogP contribution in [0, 0.1) is 20.8 Å². The SMILES string of the molecule is Cc1cc(C)c(C(CN)CC(=O)N2CCCC2)c(C)c1. The van der Waals surface area contributed by atoms with Crippen molar-refractivity contribution >= 4 is 5.91 Å². The molecule has 1 aliphatic heterocycles. The zero-order valence-corrected chi connectivity index (χ0v) is 12.9. The van der Waals surface area contributed by atoms with E-state index < -0.39 is 0 Å². The van der Waals surface area contributed by atoms with Gasteiger partial charge < -0.3 is 10.6 Å². The van der Waals surface area contributed by atoms with Crippen LogP contribution in [-0.2, 0) is 4.79 Å². The van der Waals surface area contributed by atoms with Crippen molar-refractivity contribution in [2.75, 3.05) is 19.6 Å². The summed E-state index contributed by atoms with van der Waals surface area (Å²) in [5, 5.41) is 0. The van der Waals surface area contributed by atoms with Crippen LogP contribution in [0.15, 0.2) is 12.1 Å². The summed E-state index contributed by atoms with van der Waals surface area (Å²) in [6.07, 6.45) is 2.82. The lowest BCUT2D eigenvalue weighted by atomic mass is 9.87. The second-order valence-corrected chi connectivity index (χ2v) is 6.04. The largest absolute Gasteiger partial charge is 0.343 e. The highest BCUT2D eigenvalue weighted by molar-refractivity contribution is 5.77. The smallest absolute Gasteiger partial charge is 0.223 e. The summed E-state index contributed by atoms with van der Waals surface area (Å²) in [6.45, 7) is 8.72. The van der Waals surface area contributed by atoms with Gasteiger partial charge in [-0.15, -0.1) is 0 Å². The fourth-order valence-electron chi connectivity index (χ4n) is 3.44. The maximum atomic E-state index is 12.3. The molecule has 3 heteroatoms. The predicted molar refractivity (Wildman–Crippen MR) is 82.9 cm³/mol. The molecular weight excluding hydrogens is 248 g/mol. The van der Waals surface area contributed by atoms with Crippen molar-refractivity contribution in [2.24, 2.45) is 5.73 Å². The zero-order chi connectivity index (χ0) is 14.7. The van der Waals surface area contributed by atoms with Gasteiger partial charge in [-0.05, 0) is 56.8 Å². The van der Waals surface area contributed by atoms with E-state index in [4.69, 9.17) is 5.73 Å². The van der Waals surface area contributed by atoms with Crippen molar-refractivity contribution in [2.45, 2.75) is 46.0 Å². The normalized spacial score (nSPS) is 16.5. The molecule has 110 valence electrons. The van der Waals surface area contributed by atoms with Gasteiger partial charge in [-0.2, -0.15) is 0 Å². The highest BCUT2D eigenvalue weighted by Crippen LogP contribution is 2.28. The number of aryl methyl sites for hydroxylation is 3. The maximum Gasteiger partial charge on any atom is 0.223 e. The lowest BCUT2D eigenvalue weighted by Gasteiger charge is -2.23. The van der Waals surface area contributed by atoms with Crippen molar-refractivity contribution in [3.8, 4) is 0 Å². The summed E-state index contributed by atoms with van der Waals surface area (Å²) in [7, 11) is 0. The van der Waals surface area contributed by atoms with E-state index in [1.54, 1.807) is 0 Å². The molecule has 2 rings (SSSR count). The maximum absolute atomic E-state index is 12.3. The van der Waals surface area contributed by atoms with E-state index in [0.29, 0.717) is 13.0 Å². The van der Waals surface area contributed by atoms with Gasteiger partial charge in [-0.25, -0.2) is 0 Å². The summed E-state index contributed by atoms with van der Waals surface area (Å²) in [4.78, 5) is 14.3. The number of nitrogens with two attached hydrogens (primary N) is 1. The number of hydrogen-bond donors (Lipinski definition) is 1. The first-order valence-electron chi connectivity index (χ1n) is 7.58. The van der Waals surface area contributed by atoms with Gasteiger partial charge in [0.05, 0.1) is 0 Å². The zero-order valence-electron chi connectivity index (χ0n) is 12.9. The van der Waals surface area contributed by atoms with E-state index in [-0.39, 0.29) is 11.8 Å². The van der Waals surface area contributed by atoms with E-state index in [1.165, 1.54) is 22.3 Å².